The monoisotopic (exact) mass is 488 g/mol. The highest BCUT2D eigenvalue weighted by Crippen LogP contribution is 2.33. The third-order valence-corrected chi connectivity index (χ3v) is 6.10. The molecule has 35 heavy (non-hydrogen) atoms. The van der Waals surface area contributed by atoms with Gasteiger partial charge in [-0.25, -0.2) is 4.99 Å². The molecule has 180 valence electrons. The summed E-state index contributed by atoms with van der Waals surface area (Å²) in [5, 5.41) is 12.2. The van der Waals surface area contributed by atoms with Gasteiger partial charge >= 0.3 is 0 Å². The van der Waals surface area contributed by atoms with Crippen LogP contribution in [0, 0.1) is 0 Å². The number of rotatable bonds is 8. The van der Waals surface area contributed by atoms with Crippen LogP contribution in [-0.4, -0.2) is 65.2 Å². The number of hydrogen-bond donors (Lipinski definition) is 2. The molecule has 0 radical (unpaired) electrons. The molecule has 0 atom stereocenters. The number of H-pyrrole nitrogens is 1. The van der Waals surface area contributed by atoms with Gasteiger partial charge in [-0.3, -0.25) is 4.79 Å². The number of hydrogen-bond acceptors (Lipinski definition) is 4. The number of aromatic amines is 1. The Morgan fingerprint density at radius 3 is 2.34 bits per heavy atom. The van der Waals surface area contributed by atoms with Crippen LogP contribution in [0.1, 0.15) is 28.4 Å². The normalized spacial score (nSPS) is 11.9. The van der Waals surface area contributed by atoms with Gasteiger partial charge in [-0.2, -0.15) is 0 Å². The van der Waals surface area contributed by atoms with Crippen LogP contribution < -0.4 is 0 Å². The standard InChI is InChI=1S/C28H29ClN4O2/c1-4-33(17-16-32(2)3)28(35)20-10-13-22(14-11-20)30-26(19-8-6-5-7-9-19)25-23-15-12-21(29)18-24(23)31-27(25)34/h5-15,18,31,34H,4,16-17H2,1-3H3. The number of aliphatic imine (C=N–C) groups is 1. The number of carbonyl (C=O) groups excluding carboxylic acids is 1. The third kappa shape index (κ3) is 5.56. The number of aromatic nitrogens is 1. The second-order valence-electron chi connectivity index (χ2n) is 8.60. The Morgan fingerprint density at radius 2 is 1.69 bits per heavy atom. The minimum atomic E-state index is -0.000635. The fourth-order valence-electron chi connectivity index (χ4n) is 3.97. The zero-order valence-corrected chi connectivity index (χ0v) is 20.9. The lowest BCUT2D eigenvalue weighted by Crippen LogP contribution is -2.36. The molecule has 0 bridgehead atoms. The molecule has 0 aliphatic heterocycles. The van der Waals surface area contributed by atoms with E-state index in [9.17, 15) is 9.90 Å². The van der Waals surface area contributed by atoms with Gasteiger partial charge in [-0.15, -0.1) is 0 Å². The molecule has 0 aliphatic carbocycles. The molecule has 7 heteroatoms. The van der Waals surface area contributed by atoms with E-state index >= 15 is 0 Å². The molecule has 4 rings (SSSR count). The first-order chi connectivity index (χ1) is 16.9. The van der Waals surface area contributed by atoms with Crippen molar-refractivity contribution in [1.82, 2.24) is 14.8 Å². The average molecular weight is 489 g/mol. The minimum Gasteiger partial charge on any atom is -0.494 e. The van der Waals surface area contributed by atoms with Crippen molar-refractivity contribution in [2.45, 2.75) is 6.92 Å². The van der Waals surface area contributed by atoms with Crippen molar-refractivity contribution in [2.75, 3.05) is 33.7 Å². The summed E-state index contributed by atoms with van der Waals surface area (Å²) in [7, 11) is 3.99. The molecule has 2 N–H and O–H groups in total. The van der Waals surface area contributed by atoms with E-state index in [1.165, 1.54) is 0 Å². The van der Waals surface area contributed by atoms with Crippen molar-refractivity contribution in [3.8, 4) is 5.88 Å². The maximum Gasteiger partial charge on any atom is 0.253 e. The largest absolute Gasteiger partial charge is 0.494 e. The van der Waals surface area contributed by atoms with Crippen molar-refractivity contribution in [3.63, 3.8) is 0 Å². The molecular formula is C28H29ClN4O2. The summed E-state index contributed by atoms with van der Waals surface area (Å²) >= 11 is 6.15. The number of fused-ring (bicyclic) bond motifs is 1. The van der Waals surface area contributed by atoms with E-state index in [4.69, 9.17) is 16.6 Å². The van der Waals surface area contributed by atoms with E-state index < -0.39 is 0 Å². The lowest BCUT2D eigenvalue weighted by atomic mass is 10.0. The van der Waals surface area contributed by atoms with Crippen LogP contribution >= 0.6 is 11.6 Å². The van der Waals surface area contributed by atoms with Crippen molar-refractivity contribution in [1.29, 1.82) is 0 Å². The lowest BCUT2D eigenvalue weighted by molar-refractivity contribution is 0.0754. The minimum absolute atomic E-state index is 0.000635. The quantitative estimate of drug-likeness (QED) is 0.311. The zero-order chi connectivity index (χ0) is 24.9. The SMILES string of the molecule is CCN(CCN(C)C)C(=O)c1ccc(N=C(c2ccccc2)c2c(O)[nH]c3cc(Cl)ccc23)cc1. The molecule has 0 spiro atoms. The van der Waals surface area contributed by atoms with Crippen LogP contribution in [0.3, 0.4) is 0 Å². The Morgan fingerprint density at radius 1 is 0.971 bits per heavy atom. The van der Waals surface area contributed by atoms with Crippen LogP contribution in [0.25, 0.3) is 10.9 Å². The average Bonchev–Trinajstić information content (AvgIpc) is 3.18. The van der Waals surface area contributed by atoms with E-state index in [0.717, 1.165) is 23.0 Å². The first kappa shape index (κ1) is 24.5. The van der Waals surface area contributed by atoms with Crippen LogP contribution in [0.15, 0.2) is 77.8 Å². The second kappa shape index (κ2) is 10.8. The van der Waals surface area contributed by atoms with Crippen molar-refractivity contribution >= 4 is 39.8 Å². The highest BCUT2D eigenvalue weighted by Gasteiger charge is 2.19. The predicted octanol–water partition coefficient (Wildman–Crippen LogP) is 5.72. The molecule has 4 aromatic rings. The van der Waals surface area contributed by atoms with Crippen LogP contribution in [-0.2, 0) is 0 Å². The lowest BCUT2D eigenvalue weighted by Gasteiger charge is -2.23. The maximum atomic E-state index is 13.0. The number of carbonyl (C=O) groups is 1. The molecule has 1 heterocycles. The van der Waals surface area contributed by atoms with Crippen molar-refractivity contribution in [2.24, 2.45) is 4.99 Å². The van der Waals surface area contributed by atoms with Crippen LogP contribution in [0.5, 0.6) is 5.88 Å². The Kier molecular flexibility index (Phi) is 7.54. The van der Waals surface area contributed by atoms with Gasteiger partial charge in [0.05, 0.1) is 22.5 Å². The first-order valence-corrected chi connectivity index (χ1v) is 11.9. The molecule has 3 aromatic carbocycles. The van der Waals surface area contributed by atoms with Crippen LogP contribution in [0.2, 0.25) is 5.02 Å². The van der Waals surface area contributed by atoms with Gasteiger partial charge in [-0.1, -0.05) is 48.0 Å². The topological polar surface area (TPSA) is 71.9 Å². The summed E-state index contributed by atoms with van der Waals surface area (Å²) < 4.78 is 0. The molecule has 0 saturated heterocycles. The van der Waals surface area contributed by atoms with E-state index in [1.807, 2.05) is 74.4 Å². The molecule has 0 fully saturated rings. The summed E-state index contributed by atoms with van der Waals surface area (Å²) in [6.07, 6.45) is 0. The highest BCUT2D eigenvalue weighted by atomic mass is 35.5. The van der Waals surface area contributed by atoms with Gasteiger partial charge in [0, 0.05) is 41.2 Å². The smallest absolute Gasteiger partial charge is 0.253 e. The Bertz CT molecular complexity index is 1340. The molecule has 1 aromatic heterocycles. The molecular weight excluding hydrogens is 460 g/mol. The van der Waals surface area contributed by atoms with Gasteiger partial charge in [0.1, 0.15) is 0 Å². The van der Waals surface area contributed by atoms with Gasteiger partial charge in [0.2, 0.25) is 0 Å². The van der Waals surface area contributed by atoms with Gasteiger partial charge < -0.3 is 19.9 Å². The Balaban J connectivity index is 1.72. The second-order valence-corrected chi connectivity index (χ2v) is 9.04. The number of amides is 1. The van der Waals surface area contributed by atoms with E-state index in [-0.39, 0.29) is 11.8 Å². The fourth-order valence-corrected chi connectivity index (χ4v) is 4.14. The van der Waals surface area contributed by atoms with E-state index in [1.54, 1.807) is 24.3 Å². The zero-order valence-electron chi connectivity index (χ0n) is 20.1. The Hall–Kier alpha value is -3.61. The van der Waals surface area contributed by atoms with Gasteiger partial charge in [0.25, 0.3) is 5.91 Å². The number of likely N-dealkylation sites (N-methyl/N-ethyl adjacent to an activating group) is 2. The molecule has 0 unspecified atom stereocenters. The predicted molar refractivity (Wildman–Crippen MR) is 143 cm³/mol. The number of nitrogens with one attached hydrogen (secondary N) is 1. The summed E-state index contributed by atoms with van der Waals surface area (Å²) in [5.41, 5.74) is 4.11. The van der Waals surface area contributed by atoms with E-state index in [2.05, 4.69) is 9.88 Å². The van der Waals surface area contributed by atoms with Gasteiger partial charge in [-0.05, 0) is 57.4 Å². The molecule has 6 nitrogen and oxygen atoms in total. The summed E-state index contributed by atoms with van der Waals surface area (Å²) in [5.74, 6) is 0.0236. The maximum absolute atomic E-state index is 13.0. The Labute approximate surface area is 210 Å². The number of benzene rings is 3. The van der Waals surface area contributed by atoms with Crippen molar-refractivity contribution < 1.29 is 9.90 Å². The van der Waals surface area contributed by atoms with Crippen LogP contribution in [0.4, 0.5) is 5.69 Å². The third-order valence-electron chi connectivity index (χ3n) is 5.87. The molecule has 0 aliphatic rings. The number of nitrogens with zero attached hydrogens (tertiary/aromatic N) is 3. The van der Waals surface area contributed by atoms with Crippen molar-refractivity contribution in [3.05, 3.63) is 94.5 Å². The first-order valence-electron chi connectivity index (χ1n) is 11.6. The number of halogens is 1. The highest BCUT2D eigenvalue weighted by molar-refractivity contribution is 6.31. The molecule has 0 saturated carbocycles. The van der Waals surface area contributed by atoms with E-state index in [0.29, 0.717) is 40.6 Å². The summed E-state index contributed by atoms with van der Waals surface area (Å²) in [4.78, 5) is 24.8. The fraction of sp³-hybridized carbons (Fsp3) is 0.214. The summed E-state index contributed by atoms with van der Waals surface area (Å²) in [6.45, 7) is 4.11. The number of aromatic hydroxyl groups is 1. The summed E-state index contributed by atoms with van der Waals surface area (Å²) in [6, 6.07) is 22.4. The molecule has 1 amide bonds. The van der Waals surface area contributed by atoms with Gasteiger partial charge in [0.15, 0.2) is 5.88 Å².